The molecule has 0 spiro atoms. The molecule has 0 fully saturated rings. The van der Waals surface area contributed by atoms with Gasteiger partial charge in [-0.2, -0.15) is 0 Å². The number of para-hydroxylation sites is 5. The first-order valence-electron chi connectivity index (χ1n) is 17.5. The Morgan fingerprint density at radius 1 is 0.216 bits per heavy atom. The van der Waals surface area contributed by atoms with Crippen molar-refractivity contribution in [2.45, 2.75) is 0 Å². The first-order valence-corrected chi connectivity index (χ1v) is 17.5. The van der Waals surface area contributed by atoms with Crippen molar-refractivity contribution in [3.63, 3.8) is 0 Å². The predicted octanol–water partition coefficient (Wildman–Crippen LogP) is 12.6. The van der Waals surface area contributed by atoms with Crippen LogP contribution in [0.25, 0.3) is 93.6 Å². The van der Waals surface area contributed by atoms with E-state index >= 15 is 0 Å². The Morgan fingerprint density at radius 3 is 1.20 bits per heavy atom. The predicted molar refractivity (Wildman–Crippen MR) is 215 cm³/mol. The number of aromatic nitrogens is 3. The van der Waals surface area contributed by atoms with Gasteiger partial charge in [-0.3, -0.25) is 0 Å². The standard InChI is InChI=1S/C48H31N3/c1-2-13-34(14-3-1)49-46-24-11-7-20-40(46)42-29-32(26-28-47(42)49)33-25-27-41-39-19-6-10-23-45(39)51(48(41)30-33)36-16-12-15-35(31-36)50-43-21-8-4-17-37(43)38-18-5-9-22-44(38)50/h1-31H. The molecule has 0 saturated heterocycles. The maximum absolute atomic E-state index is 2.44. The maximum atomic E-state index is 2.44. The van der Waals surface area contributed by atoms with Crippen LogP contribution < -0.4 is 0 Å². The van der Waals surface area contributed by atoms with Crippen molar-refractivity contribution in [3.05, 3.63) is 188 Å². The van der Waals surface area contributed by atoms with Gasteiger partial charge in [-0.25, -0.2) is 0 Å². The lowest BCUT2D eigenvalue weighted by Gasteiger charge is -2.13. The normalized spacial score (nSPS) is 11.9. The second kappa shape index (κ2) is 10.8. The van der Waals surface area contributed by atoms with Crippen molar-refractivity contribution in [2.75, 3.05) is 0 Å². The zero-order chi connectivity index (χ0) is 33.5. The van der Waals surface area contributed by atoms with Crippen LogP contribution in [0.4, 0.5) is 0 Å². The molecule has 0 amide bonds. The molecule has 3 heteroatoms. The number of rotatable bonds is 4. The van der Waals surface area contributed by atoms with E-state index in [1.165, 1.54) is 82.2 Å². The minimum atomic E-state index is 1.14. The highest BCUT2D eigenvalue weighted by Crippen LogP contribution is 2.39. The molecule has 0 aliphatic rings. The first-order chi connectivity index (χ1) is 25.3. The molecule has 11 aromatic rings. The molecule has 0 unspecified atom stereocenters. The fraction of sp³-hybridized carbons (Fsp3) is 0. The molecule has 51 heavy (non-hydrogen) atoms. The minimum Gasteiger partial charge on any atom is -0.309 e. The van der Waals surface area contributed by atoms with Crippen molar-refractivity contribution in [1.29, 1.82) is 0 Å². The average molecular weight is 650 g/mol. The van der Waals surface area contributed by atoms with Crippen LogP contribution in [0.1, 0.15) is 0 Å². The van der Waals surface area contributed by atoms with E-state index in [0.717, 1.165) is 11.4 Å². The summed E-state index contributed by atoms with van der Waals surface area (Å²) >= 11 is 0. The fourth-order valence-corrected chi connectivity index (χ4v) is 8.41. The van der Waals surface area contributed by atoms with Crippen molar-refractivity contribution in [3.8, 4) is 28.2 Å². The summed E-state index contributed by atoms with van der Waals surface area (Å²) in [5, 5.41) is 7.55. The SMILES string of the molecule is c1ccc(-n2c3ccccc3c3cc(-c4ccc5c6ccccc6n(-c6cccc(-n7c8ccccc8c8ccccc87)c6)c5c4)ccc32)cc1. The van der Waals surface area contributed by atoms with Gasteiger partial charge in [0.1, 0.15) is 0 Å². The Kier molecular flexibility index (Phi) is 5.96. The summed E-state index contributed by atoms with van der Waals surface area (Å²) in [6, 6.07) is 68.5. The van der Waals surface area contributed by atoms with Crippen LogP contribution in [0.5, 0.6) is 0 Å². The van der Waals surface area contributed by atoms with E-state index in [1.807, 2.05) is 0 Å². The summed E-state index contributed by atoms with van der Waals surface area (Å²) in [7, 11) is 0. The lowest BCUT2D eigenvalue weighted by molar-refractivity contribution is 1.13. The highest BCUT2D eigenvalue weighted by molar-refractivity contribution is 6.13. The quantitative estimate of drug-likeness (QED) is 0.180. The van der Waals surface area contributed by atoms with Crippen LogP contribution in [-0.4, -0.2) is 13.7 Å². The molecule has 8 aromatic carbocycles. The largest absolute Gasteiger partial charge is 0.309 e. The van der Waals surface area contributed by atoms with Gasteiger partial charge >= 0.3 is 0 Å². The highest BCUT2D eigenvalue weighted by atomic mass is 15.0. The zero-order valence-corrected chi connectivity index (χ0v) is 27.7. The molecule has 3 aromatic heterocycles. The van der Waals surface area contributed by atoms with E-state index in [2.05, 4.69) is 202 Å². The third kappa shape index (κ3) is 4.12. The molecule has 0 atom stereocenters. The van der Waals surface area contributed by atoms with Crippen LogP contribution >= 0.6 is 0 Å². The average Bonchev–Trinajstić information content (AvgIpc) is 3.83. The van der Waals surface area contributed by atoms with Gasteiger partial charge in [0.15, 0.2) is 0 Å². The van der Waals surface area contributed by atoms with Crippen LogP contribution in [0, 0.1) is 0 Å². The van der Waals surface area contributed by atoms with Gasteiger partial charge in [-0.05, 0) is 83.9 Å². The van der Waals surface area contributed by atoms with Crippen molar-refractivity contribution >= 4 is 65.4 Å². The third-order valence-corrected chi connectivity index (χ3v) is 10.6. The minimum absolute atomic E-state index is 1.14. The summed E-state index contributed by atoms with van der Waals surface area (Å²) in [6.45, 7) is 0. The van der Waals surface area contributed by atoms with Gasteiger partial charge in [0.2, 0.25) is 0 Å². The second-order valence-corrected chi connectivity index (χ2v) is 13.4. The van der Waals surface area contributed by atoms with Crippen molar-refractivity contribution in [2.24, 2.45) is 0 Å². The van der Waals surface area contributed by atoms with Gasteiger partial charge in [-0.1, -0.05) is 115 Å². The van der Waals surface area contributed by atoms with Crippen molar-refractivity contribution in [1.82, 2.24) is 13.7 Å². The van der Waals surface area contributed by atoms with Crippen LogP contribution in [0.3, 0.4) is 0 Å². The summed E-state index contributed by atoms with van der Waals surface area (Å²) in [5.41, 5.74) is 13.1. The van der Waals surface area contributed by atoms with E-state index < -0.39 is 0 Å². The lowest BCUT2D eigenvalue weighted by Crippen LogP contribution is -1.98. The Balaban J connectivity index is 1.12. The summed E-state index contributed by atoms with van der Waals surface area (Å²) in [5.74, 6) is 0. The molecule has 3 heterocycles. The summed E-state index contributed by atoms with van der Waals surface area (Å²) < 4.78 is 7.21. The molecular weight excluding hydrogens is 619 g/mol. The molecule has 0 N–H and O–H groups in total. The van der Waals surface area contributed by atoms with E-state index in [9.17, 15) is 0 Å². The second-order valence-electron chi connectivity index (χ2n) is 13.4. The molecule has 0 aliphatic heterocycles. The van der Waals surface area contributed by atoms with Gasteiger partial charge in [-0.15, -0.1) is 0 Å². The van der Waals surface area contributed by atoms with Crippen molar-refractivity contribution < 1.29 is 0 Å². The van der Waals surface area contributed by atoms with E-state index in [1.54, 1.807) is 0 Å². The Labute approximate surface area is 294 Å². The molecule has 3 nitrogen and oxygen atoms in total. The Morgan fingerprint density at radius 2 is 0.608 bits per heavy atom. The number of benzene rings is 8. The number of hydrogen-bond acceptors (Lipinski definition) is 0. The van der Waals surface area contributed by atoms with Gasteiger partial charge in [0.25, 0.3) is 0 Å². The Hall–Kier alpha value is -6.84. The van der Waals surface area contributed by atoms with E-state index in [4.69, 9.17) is 0 Å². The van der Waals surface area contributed by atoms with E-state index in [0.29, 0.717) is 0 Å². The van der Waals surface area contributed by atoms with Crippen LogP contribution in [-0.2, 0) is 0 Å². The number of fused-ring (bicyclic) bond motifs is 9. The van der Waals surface area contributed by atoms with Gasteiger partial charge in [0, 0.05) is 49.4 Å². The number of hydrogen-bond donors (Lipinski definition) is 0. The Bertz CT molecular complexity index is 3080. The molecule has 0 radical (unpaired) electrons. The van der Waals surface area contributed by atoms with Gasteiger partial charge in [0.05, 0.1) is 33.1 Å². The molecular formula is C48H31N3. The molecule has 11 rings (SSSR count). The van der Waals surface area contributed by atoms with Gasteiger partial charge < -0.3 is 13.7 Å². The lowest BCUT2D eigenvalue weighted by atomic mass is 10.0. The molecule has 238 valence electrons. The fourth-order valence-electron chi connectivity index (χ4n) is 8.41. The first kappa shape index (κ1) is 28.0. The highest BCUT2D eigenvalue weighted by Gasteiger charge is 2.17. The molecule has 0 saturated carbocycles. The monoisotopic (exact) mass is 649 g/mol. The third-order valence-electron chi connectivity index (χ3n) is 10.6. The smallest absolute Gasteiger partial charge is 0.0547 e. The van der Waals surface area contributed by atoms with E-state index in [-0.39, 0.29) is 0 Å². The topological polar surface area (TPSA) is 14.8 Å². The molecule has 0 bridgehead atoms. The van der Waals surface area contributed by atoms with Crippen LogP contribution in [0.15, 0.2) is 188 Å². The summed E-state index contributed by atoms with van der Waals surface area (Å²) in [6.07, 6.45) is 0. The zero-order valence-electron chi connectivity index (χ0n) is 27.7. The number of nitrogens with zero attached hydrogens (tertiary/aromatic N) is 3. The van der Waals surface area contributed by atoms with Crippen LogP contribution in [0.2, 0.25) is 0 Å². The summed E-state index contributed by atoms with van der Waals surface area (Å²) in [4.78, 5) is 0. The maximum Gasteiger partial charge on any atom is 0.0547 e. The molecule has 0 aliphatic carbocycles.